The molecule has 6 heteroatoms. The van der Waals surface area contributed by atoms with Crippen LogP contribution in [0, 0.1) is 23.7 Å². The Balaban J connectivity index is 2.99. The van der Waals surface area contributed by atoms with Crippen LogP contribution in [0.15, 0.2) is 30.3 Å². The second-order valence-electron chi connectivity index (χ2n) is 9.19. The highest BCUT2D eigenvalue weighted by Crippen LogP contribution is 2.21. The molecule has 0 saturated heterocycles. The van der Waals surface area contributed by atoms with Crippen LogP contribution in [-0.2, 0) is 25.6 Å². The molecule has 1 aromatic carbocycles. The smallest absolute Gasteiger partial charge is 0.224 e. The van der Waals surface area contributed by atoms with Gasteiger partial charge in [-0.15, -0.1) is 0 Å². The lowest BCUT2D eigenvalue weighted by atomic mass is 9.83. The molecule has 5 nitrogen and oxygen atoms in total. The molecule has 0 aliphatic carbocycles. The van der Waals surface area contributed by atoms with Gasteiger partial charge >= 0.3 is 0 Å². The summed E-state index contributed by atoms with van der Waals surface area (Å²) in [4.78, 5) is 50.1. The second kappa shape index (κ2) is 15.0. The average Bonchev–Trinajstić information content (AvgIpc) is 2.75. The summed E-state index contributed by atoms with van der Waals surface area (Å²) in [5.74, 6) is -0.339. The third-order valence-corrected chi connectivity index (χ3v) is 6.22. The first-order chi connectivity index (χ1) is 15.2. The minimum Gasteiger partial charge on any atom is -0.346 e. The van der Waals surface area contributed by atoms with Crippen LogP contribution in [0.25, 0.3) is 0 Å². The molecule has 0 fully saturated rings. The van der Waals surface area contributed by atoms with Crippen molar-refractivity contribution in [2.24, 2.45) is 23.7 Å². The molecule has 0 aromatic heterocycles. The maximum absolute atomic E-state index is 13.3. The lowest BCUT2D eigenvalue weighted by molar-refractivity contribution is -0.133. The molecule has 0 heterocycles. The minimum absolute atomic E-state index is 0.0654. The zero-order valence-electron chi connectivity index (χ0n) is 20.1. The van der Waals surface area contributed by atoms with Gasteiger partial charge in [-0.2, -0.15) is 11.8 Å². The SMILES string of the molecule is CSCCC(CC=O)C(=O)NC(CC(C)C)C(=O)CC(Cc1ccccc1)C(=O)C(C)C. The molecule has 32 heavy (non-hydrogen) atoms. The first kappa shape index (κ1) is 28.1. The Morgan fingerprint density at radius 1 is 1.03 bits per heavy atom. The molecule has 0 aliphatic heterocycles. The van der Waals surface area contributed by atoms with Gasteiger partial charge in [-0.25, -0.2) is 0 Å². The van der Waals surface area contributed by atoms with E-state index in [1.807, 2.05) is 64.3 Å². The predicted molar refractivity (Wildman–Crippen MR) is 132 cm³/mol. The summed E-state index contributed by atoms with van der Waals surface area (Å²) in [5, 5.41) is 2.91. The number of ketones is 2. The standard InChI is InChI=1S/C26H39NO4S/c1-18(2)15-23(27-26(31)21(11-13-28)12-14-32-5)24(29)17-22(25(30)19(3)4)16-20-9-7-6-8-10-20/h6-10,13,18-19,21-23H,11-12,14-17H2,1-5H3,(H,27,31). The summed E-state index contributed by atoms with van der Waals surface area (Å²) in [7, 11) is 0. The fourth-order valence-electron chi connectivity index (χ4n) is 3.79. The van der Waals surface area contributed by atoms with Crippen LogP contribution in [-0.4, -0.2) is 41.8 Å². The number of aldehydes is 1. The summed E-state index contributed by atoms with van der Waals surface area (Å²) in [6, 6.07) is 9.07. The summed E-state index contributed by atoms with van der Waals surface area (Å²) in [5.41, 5.74) is 1.02. The van der Waals surface area contributed by atoms with Gasteiger partial charge in [0.15, 0.2) is 5.78 Å². The van der Waals surface area contributed by atoms with Crippen LogP contribution < -0.4 is 5.32 Å². The maximum atomic E-state index is 13.3. The lowest BCUT2D eigenvalue weighted by Gasteiger charge is -2.25. The van der Waals surface area contributed by atoms with Crippen LogP contribution in [0.3, 0.4) is 0 Å². The van der Waals surface area contributed by atoms with E-state index in [-0.39, 0.29) is 42.2 Å². The van der Waals surface area contributed by atoms with Crippen LogP contribution in [0.4, 0.5) is 0 Å². The van der Waals surface area contributed by atoms with Gasteiger partial charge in [-0.1, -0.05) is 58.0 Å². The Morgan fingerprint density at radius 2 is 1.69 bits per heavy atom. The number of carbonyl (C=O) groups excluding carboxylic acids is 4. The van der Waals surface area contributed by atoms with E-state index in [0.717, 1.165) is 17.6 Å². The summed E-state index contributed by atoms with van der Waals surface area (Å²) in [6.45, 7) is 7.72. The molecule has 0 aliphatic rings. The van der Waals surface area contributed by atoms with E-state index >= 15 is 0 Å². The monoisotopic (exact) mass is 461 g/mol. The van der Waals surface area contributed by atoms with Gasteiger partial charge in [0.2, 0.25) is 5.91 Å². The number of nitrogens with one attached hydrogen (secondary N) is 1. The Morgan fingerprint density at radius 3 is 2.22 bits per heavy atom. The number of rotatable bonds is 16. The Hall–Kier alpha value is -1.95. The van der Waals surface area contributed by atoms with Gasteiger partial charge in [-0.3, -0.25) is 14.4 Å². The molecule has 0 radical (unpaired) electrons. The molecule has 1 amide bonds. The van der Waals surface area contributed by atoms with Gasteiger partial charge in [-0.05, 0) is 42.8 Å². The van der Waals surface area contributed by atoms with Crippen LogP contribution in [0.5, 0.6) is 0 Å². The third kappa shape index (κ3) is 10.1. The molecule has 1 aromatic rings. The van der Waals surface area contributed by atoms with E-state index in [1.165, 1.54) is 0 Å². The van der Waals surface area contributed by atoms with E-state index in [2.05, 4.69) is 5.32 Å². The first-order valence-electron chi connectivity index (χ1n) is 11.5. The minimum atomic E-state index is -0.649. The highest BCUT2D eigenvalue weighted by Gasteiger charge is 2.30. The lowest BCUT2D eigenvalue weighted by Crippen LogP contribution is -2.45. The van der Waals surface area contributed by atoms with Gasteiger partial charge in [0.25, 0.3) is 0 Å². The number of Topliss-reactive ketones (excluding diaryl/α,β-unsaturated/α-hetero) is 2. The van der Waals surface area contributed by atoms with Crippen molar-refractivity contribution in [2.75, 3.05) is 12.0 Å². The van der Waals surface area contributed by atoms with Gasteiger partial charge in [0, 0.05) is 30.6 Å². The first-order valence-corrected chi connectivity index (χ1v) is 12.9. The normalized spacial score (nSPS) is 14.1. The topological polar surface area (TPSA) is 80.3 Å². The van der Waals surface area contributed by atoms with Gasteiger partial charge in [0.05, 0.1) is 6.04 Å². The van der Waals surface area contributed by atoms with E-state index < -0.39 is 17.9 Å². The van der Waals surface area contributed by atoms with Crippen molar-refractivity contribution in [3.8, 4) is 0 Å². The summed E-state index contributed by atoms with van der Waals surface area (Å²) >= 11 is 1.62. The van der Waals surface area contributed by atoms with E-state index in [0.29, 0.717) is 19.3 Å². The molecule has 178 valence electrons. The number of thioether (sulfide) groups is 1. The zero-order chi connectivity index (χ0) is 24.1. The van der Waals surface area contributed by atoms with Gasteiger partial charge in [0.1, 0.15) is 12.1 Å². The van der Waals surface area contributed by atoms with Crippen LogP contribution in [0.2, 0.25) is 0 Å². The molecular weight excluding hydrogens is 422 g/mol. The van der Waals surface area contributed by atoms with Crippen molar-refractivity contribution in [1.82, 2.24) is 5.32 Å². The average molecular weight is 462 g/mol. The molecule has 1 N–H and O–H groups in total. The largest absolute Gasteiger partial charge is 0.346 e. The molecule has 1 rings (SSSR count). The van der Waals surface area contributed by atoms with Crippen LogP contribution >= 0.6 is 11.8 Å². The summed E-state index contributed by atoms with van der Waals surface area (Å²) in [6.07, 6.45) is 4.59. The third-order valence-electron chi connectivity index (χ3n) is 5.58. The van der Waals surface area contributed by atoms with Crippen LogP contribution in [0.1, 0.15) is 58.9 Å². The van der Waals surface area contributed by atoms with Crippen molar-refractivity contribution >= 4 is 35.5 Å². The van der Waals surface area contributed by atoms with E-state index in [9.17, 15) is 19.2 Å². The van der Waals surface area contributed by atoms with E-state index in [1.54, 1.807) is 11.8 Å². The highest BCUT2D eigenvalue weighted by atomic mass is 32.2. The summed E-state index contributed by atoms with van der Waals surface area (Å²) < 4.78 is 0. The molecular formula is C26H39NO4S. The number of amides is 1. The molecule has 0 bridgehead atoms. The fourth-order valence-corrected chi connectivity index (χ4v) is 4.31. The highest BCUT2D eigenvalue weighted by molar-refractivity contribution is 7.98. The number of hydrogen-bond acceptors (Lipinski definition) is 5. The number of carbonyl (C=O) groups is 4. The Kier molecular flexibility index (Phi) is 13.2. The van der Waals surface area contributed by atoms with Crippen molar-refractivity contribution in [2.45, 2.75) is 65.8 Å². The van der Waals surface area contributed by atoms with E-state index in [4.69, 9.17) is 0 Å². The fraction of sp³-hybridized carbons (Fsp3) is 0.615. The predicted octanol–water partition coefficient (Wildman–Crippen LogP) is 4.52. The van der Waals surface area contributed by atoms with Crippen molar-refractivity contribution in [3.05, 3.63) is 35.9 Å². The van der Waals surface area contributed by atoms with Crippen molar-refractivity contribution < 1.29 is 19.2 Å². The number of benzene rings is 1. The molecule has 0 spiro atoms. The second-order valence-corrected chi connectivity index (χ2v) is 10.2. The van der Waals surface area contributed by atoms with Crippen molar-refractivity contribution in [3.63, 3.8) is 0 Å². The van der Waals surface area contributed by atoms with Gasteiger partial charge < -0.3 is 10.1 Å². The molecule has 3 atom stereocenters. The Bertz CT molecular complexity index is 733. The maximum Gasteiger partial charge on any atom is 0.224 e. The zero-order valence-corrected chi connectivity index (χ0v) is 21.0. The quantitative estimate of drug-likeness (QED) is 0.366. The Labute approximate surface area is 197 Å². The number of hydrogen-bond donors (Lipinski definition) is 1. The van der Waals surface area contributed by atoms with Crippen molar-refractivity contribution in [1.29, 1.82) is 0 Å². The molecule has 0 saturated carbocycles. The molecule has 3 unspecified atom stereocenters.